The van der Waals surface area contributed by atoms with E-state index >= 15 is 0 Å². The molecule has 0 saturated heterocycles. The van der Waals surface area contributed by atoms with Crippen molar-refractivity contribution in [1.29, 1.82) is 0 Å². The van der Waals surface area contributed by atoms with E-state index in [1.165, 1.54) is 28.6 Å². The molecule has 0 aromatic heterocycles. The van der Waals surface area contributed by atoms with E-state index < -0.39 is 16.0 Å². The molecule has 2 aromatic carbocycles. The molecule has 1 N–H and O–H groups in total. The van der Waals surface area contributed by atoms with Crippen molar-refractivity contribution < 1.29 is 18.3 Å². The van der Waals surface area contributed by atoms with Gasteiger partial charge in [-0.15, -0.1) is 0 Å². The molecule has 0 unspecified atom stereocenters. The Morgan fingerprint density at radius 2 is 1.91 bits per heavy atom. The van der Waals surface area contributed by atoms with Crippen LogP contribution in [0, 0.1) is 0 Å². The number of aromatic carboxylic acids is 1. The predicted molar refractivity (Wildman–Crippen MR) is 82.7 cm³/mol. The Morgan fingerprint density at radius 1 is 1.18 bits per heavy atom. The second kappa shape index (κ2) is 5.14. The van der Waals surface area contributed by atoms with Crippen molar-refractivity contribution in [3.63, 3.8) is 0 Å². The van der Waals surface area contributed by atoms with Gasteiger partial charge in [-0.05, 0) is 43.2 Å². The Balaban J connectivity index is 2.11. The summed E-state index contributed by atoms with van der Waals surface area (Å²) in [4.78, 5) is 11.1. The normalized spacial score (nSPS) is 17.3. The third-order valence-electron chi connectivity index (χ3n) is 3.78. The molecular weight excluding hydrogens is 302 g/mol. The number of carboxylic acids is 1. The maximum Gasteiger partial charge on any atom is 0.335 e. The number of benzene rings is 2. The zero-order valence-corrected chi connectivity index (χ0v) is 12.7. The van der Waals surface area contributed by atoms with Crippen LogP contribution in [-0.2, 0) is 16.4 Å². The zero-order valence-electron chi connectivity index (χ0n) is 11.9. The molecule has 0 amide bonds. The Bertz CT molecular complexity index is 845. The first kappa shape index (κ1) is 14.6. The predicted octanol–water partition coefficient (Wildman–Crippen LogP) is 2.52. The summed E-state index contributed by atoms with van der Waals surface area (Å²) >= 11 is 0. The SMILES string of the molecule is C[C@@H]1Cc2ccccc2N1S(=O)(=O)c1cccc(C(=O)O)c1. The van der Waals surface area contributed by atoms with Gasteiger partial charge in [0.1, 0.15) is 0 Å². The molecule has 1 aliphatic heterocycles. The molecule has 0 saturated carbocycles. The highest BCUT2D eigenvalue weighted by molar-refractivity contribution is 7.92. The highest BCUT2D eigenvalue weighted by Gasteiger charge is 2.35. The number of fused-ring (bicyclic) bond motifs is 1. The summed E-state index contributed by atoms with van der Waals surface area (Å²) in [5.74, 6) is -1.15. The Morgan fingerprint density at radius 3 is 2.64 bits per heavy atom. The fourth-order valence-corrected chi connectivity index (χ4v) is 4.55. The van der Waals surface area contributed by atoms with E-state index in [9.17, 15) is 13.2 Å². The lowest BCUT2D eigenvalue weighted by Gasteiger charge is -2.24. The minimum Gasteiger partial charge on any atom is -0.478 e. The fourth-order valence-electron chi connectivity index (χ4n) is 2.81. The quantitative estimate of drug-likeness (QED) is 0.944. The van der Waals surface area contributed by atoms with Gasteiger partial charge < -0.3 is 5.11 Å². The van der Waals surface area contributed by atoms with Crippen molar-refractivity contribution in [2.45, 2.75) is 24.3 Å². The molecule has 0 aliphatic carbocycles. The topological polar surface area (TPSA) is 74.7 Å². The van der Waals surface area contributed by atoms with Gasteiger partial charge >= 0.3 is 5.97 Å². The number of hydrogen-bond acceptors (Lipinski definition) is 3. The fraction of sp³-hybridized carbons (Fsp3) is 0.188. The van der Waals surface area contributed by atoms with Crippen LogP contribution >= 0.6 is 0 Å². The molecule has 3 rings (SSSR count). The van der Waals surface area contributed by atoms with E-state index in [0.717, 1.165) is 5.56 Å². The molecule has 1 aliphatic rings. The van der Waals surface area contributed by atoms with Gasteiger partial charge in [0.05, 0.1) is 16.1 Å². The van der Waals surface area contributed by atoms with Crippen molar-refractivity contribution >= 4 is 21.7 Å². The number of carbonyl (C=O) groups is 1. The van der Waals surface area contributed by atoms with Crippen molar-refractivity contribution in [3.05, 3.63) is 59.7 Å². The van der Waals surface area contributed by atoms with Crippen LogP contribution in [0.15, 0.2) is 53.4 Å². The highest BCUT2D eigenvalue weighted by atomic mass is 32.2. The summed E-state index contributed by atoms with van der Waals surface area (Å²) in [6.07, 6.45) is 0.647. The smallest absolute Gasteiger partial charge is 0.335 e. The molecule has 1 heterocycles. The van der Waals surface area contributed by atoms with Crippen LogP contribution in [0.25, 0.3) is 0 Å². The van der Waals surface area contributed by atoms with Crippen LogP contribution in [0.1, 0.15) is 22.8 Å². The first-order valence-electron chi connectivity index (χ1n) is 6.87. The third kappa shape index (κ3) is 2.25. The second-order valence-electron chi connectivity index (χ2n) is 5.32. The van der Waals surface area contributed by atoms with Crippen LogP contribution < -0.4 is 4.31 Å². The van der Waals surface area contributed by atoms with Gasteiger partial charge in [-0.1, -0.05) is 24.3 Å². The van der Waals surface area contributed by atoms with Crippen LogP contribution in [0.2, 0.25) is 0 Å². The zero-order chi connectivity index (χ0) is 15.9. The van der Waals surface area contributed by atoms with Crippen LogP contribution in [0.4, 0.5) is 5.69 Å². The van der Waals surface area contributed by atoms with E-state index in [-0.39, 0.29) is 16.5 Å². The van der Waals surface area contributed by atoms with Crippen molar-refractivity contribution in [2.24, 2.45) is 0 Å². The van der Waals surface area contributed by atoms with Gasteiger partial charge in [-0.2, -0.15) is 0 Å². The largest absolute Gasteiger partial charge is 0.478 e. The standard InChI is InChI=1S/C16H15NO4S/c1-11-9-12-5-2-3-8-15(12)17(11)22(20,21)14-7-4-6-13(10-14)16(18)19/h2-8,10-11H,9H2,1H3,(H,18,19)/t11-/m1/s1. The Kier molecular flexibility index (Phi) is 3.41. The average molecular weight is 317 g/mol. The lowest BCUT2D eigenvalue weighted by molar-refractivity contribution is 0.0696. The summed E-state index contributed by atoms with van der Waals surface area (Å²) in [5.41, 5.74) is 1.60. The lowest BCUT2D eigenvalue weighted by Crippen LogP contribution is -2.35. The van der Waals surface area contributed by atoms with Crippen molar-refractivity contribution in [3.8, 4) is 0 Å². The van der Waals surface area contributed by atoms with Gasteiger partial charge in [0, 0.05) is 6.04 Å². The van der Waals surface area contributed by atoms with Crippen LogP contribution in [0.5, 0.6) is 0 Å². The van der Waals surface area contributed by atoms with Gasteiger partial charge in [0.2, 0.25) is 0 Å². The molecule has 1 atom stereocenters. The third-order valence-corrected chi connectivity index (χ3v) is 5.71. The first-order chi connectivity index (χ1) is 10.4. The van der Waals surface area contributed by atoms with E-state index in [1.54, 1.807) is 12.1 Å². The van der Waals surface area contributed by atoms with Gasteiger partial charge in [-0.3, -0.25) is 4.31 Å². The van der Waals surface area contributed by atoms with E-state index in [2.05, 4.69) is 0 Å². The number of sulfonamides is 1. The average Bonchev–Trinajstić information content (AvgIpc) is 2.83. The highest BCUT2D eigenvalue weighted by Crippen LogP contribution is 2.36. The summed E-state index contributed by atoms with van der Waals surface area (Å²) in [5, 5.41) is 9.04. The van der Waals surface area contributed by atoms with Crippen molar-refractivity contribution in [1.82, 2.24) is 0 Å². The number of hydrogen-bond donors (Lipinski definition) is 1. The molecule has 6 heteroatoms. The molecule has 0 radical (unpaired) electrons. The van der Waals surface area contributed by atoms with Crippen LogP contribution in [0.3, 0.4) is 0 Å². The number of rotatable bonds is 3. The molecule has 22 heavy (non-hydrogen) atoms. The number of para-hydroxylation sites is 1. The molecule has 0 fully saturated rings. The first-order valence-corrected chi connectivity index (χ1v) is 8.31. The Hall–Kier alpha value is -2.34. The van der Waals surface area contributed by atoms with Gasteiger partial charge in [0.25, 0.3) is 10.0 Å². The molecule has 2 aromatic rings. The Labute approximate surface area is 128 Å². The van der Waals surface area contributed by atoms with E-state index in [1.807, 2.05) is 19.1 Å². The number of nitrogens with zero attached hydrogens (tertiary/aromatic N) is 1. The summed E-state index contributed by atoms with van der Waals surface area (Å²) < 4.78 is 27.2. The summed E-state index contributed by atoms with van der Waals surface area (Å²) in [6, 6.07) is 12.6. The van der Waals surface area contributed by atoms with Crippen molar-refractivity contribution in [2.75, 3.05) is 4.31 Å². The van der Waals surface area contributed by atoms with E-state index in [4.69, 9.17) is 5.11 Å². The lowest BCUT2D eigenvalue weighted by atomic mass is 10.1. The molecule has 114 valence electrons. The van der Waals surface area contributed by atoms with Gasteiger partial charge in [-0.25, -0.2) is 13.2 Å². The molecule has 0 bridgehead atoms. The van der Waals surface area contributed by atoms with E-state index in [0.29, 0.717) is 12.1 Å². The maximum atomic E-state index is 12.9. The monoisotopic (exact) mass is 317 g/mol. The minimum atomic E-state index is -3.79. The maximum absolute atomic E-state index is 12.9. The molecule has 0 spiro atoms. The summed E-state index contributed by atoms with van der Waals surface area (Å²) in [6.45, 7) is 1.85. The molecular formula is C16H15NO4S. The molecule has 5 nitrogen and oxygen atoms in total. The van der Waals surface area contributed by atoms with Crippen LogP contribution in [-0.4, -0.2) is 25.5 Å². The minimum absolute atomic E-state index is 0.00375. The second-order valence-corrected chi connectivity index (χ2v) is 7.13. The number of anilines is 1. The number of carboxylic acid groups (broad SMARTS) is 1. The van der Waals surface area contributed by atoms with Gasteiger partial charge in [0.15, 0.2) is 0 Å². The summed E-state index contributed by atoms with van der Waals surface area (Å²) in [7, 11) is -3.79.